The Hall–Kier alpha value is -0.700. The van der Waals surface area contributed by atoms with Crippen LogP contribution in [0.15, 0.2) is 0 Å². The third-order valence-electron chi connectivity index (χ3n) is 2.01. The summed E-state index contributed by atoms with van der Waals surface area (Å²) in [6.45, 7) is 4.18. The first kappa shape index (κ1) is 17.3. The lowest BCUT2D eigenvalue weighted by atomic mass is 10.5. The molecule has 0 unspecified atom stereocenters. The number of nitrogens with one attached hydrogen (secondary N) is 1. The van der Waals surface area contributed by atoms with E-state index in [1.54, 1.807) is 6.92 Å². The van der Waals surface area contributed by atoms with E-state index in [9.17, 15) is 13.2 Å². The maximum absolute atomic E-state index is 11.9. The Morgan fingerprint density at radius 3 is 2.50 bits per heavy atom. The van der Waals surface area contributed by atoms with Crippen molar-refractivity contribution < 1.29 is 22.7 Å². The summed E-state index contributed by atoms with van der Waals surface area (Å²) in [5.41, 5.74) is 0. The first-order valence-electron chi connectivity index (χ1n) is 5.87. The van der Waals surface area contributed by atoms with Gasteiger partial charge in [0.2, 0.25) is 0 Å². The first-order chi connectivity index (χ1) is 8.47. The van der Waals surface area contributed by atoms with Crippen LogP contribution in [0.2, 0.25) is 0 Å². The Morgan fingerprint density at radius 2 is 2.00 bits per heavy atom. The van der Waals surface area contributed by atoms with Crippen LogP contribution in [0.4, 0.5) is 0 Å². The van der Waals surface area contributed by atoms with Gasteiger partial charge in [-0.3, -0.25) is 4.79 Å². The van der Waals surface area contributed by atoms with Crippen molar-refractivity contribution in [1.82, 2.24) is 9.03 Å². The summed E-state index contributed by atoms with van der Waals surface area (Å²) in [5.74, 6) is -0.553. The Kier molecular flexibility index (Phi) is 8.90. The van der Waals surface area contributed by atoms with Crippen LogP contribution in [-0.4, -0.2) is 58.7 Å². The topological polar surface area (TPSA) is 84.9 Å². The van der Waals surface area contributed by atoms with Crippen LogP contribution in [0, 0.1) is 0 Å². The minimum atomic E-state index is -3.67. The van der Waals surface area contributed by atoms with Gasteiger partial charge in [0.15, 0.2) is 0 Å². The lowest BCUT2D eigenvalue weighted by Crippen LogP contribution is -2.45. The van der Waals surface area contributed by atoms with Crippen molar-refractivity contribution in [1.29, 1.82) is 0 Å². The lowest BCUT2D eigenvalue weighted by molar-refractivity contribution is -0.143. The highest BCUT2D eigenvalue weighted by Crippen LogP contribution is 2.00. The fourth-order valence-corrected chi connectivity index (χ4v) is 2.47. The molecule has 0 amide bonds. The van der Waals surface area contributed by atoms with Crippen molar-refractivity contribution in [3.05, 3.63) is 0 Å². The Morgan fingerprint density at radius 1 is 1.33 bits per heavy atom. The first-order valence-corrected chi connectivity index (χ1v) is 7.31. The highest BCUT2D eigenvalue weighted by molar-refractivity contribution is 7.87. The number of carbonyl (C=O) groups excluding carboxylic acids is 1. The van der Waals surface area contributed by atoms with E-state index in [0.29, 0.717) is 6.42 Å². The predicted octanol–water partition coefficient (Wildman–Crippen LogP) is -0.258. The fraction of sp³-hybridized carbons (Fsp3) is 0.900. The van der Waals surface area contributed by atoms with E-state index in [2.05, 4.69) is 4.72 Å². The summed E-state index contributed by atoms with van der Waals surface area (Å²) in [4.78, 5) is 11.3. The molecule has 0 aliphatic heterocycles. The summed E-state index contributed by atoms with van der Waals surface area (Å²) >= 11 is 0. The molecule has 0 bridgehead atoms. The third kappa shape index (κ3) is 6.90. The van der Waals surface area contributed by atoms with Crippen molar-refractivity contribution in [2.75, 3.05) is 40.0 Å². The molecular weight excluding hydrogens is 260 g/mol. The van der Waals surface area contributed by atoms with Crippen molar-refractivity contribution in [3.63, 3.8) is 0 Å². The lowest BCUT2D eigenvalue weighted by Gasteiger charge is -2.20. The number of rotatable bonds is 10. The molecule has 1 N–H and O–H groups in total. The summed E-state index contributed by atoms with van der Waals surface area (Å²) < 4.78 is 36.7. The summed E-state index contributed by atoms with van der Waals surface area (Å²) in [6.07, 6.45) is 0.616. The largest absolute Gasteiger partial charge is 0.465 e. The minimum Gasteiger partial charge on any atom is -0.465 e. The van der Waals surface area contributed by atoms with Crippen molar-refractivity contribution >= 4 is 16.2 Å². The van der Waals surface area contributed by atoms with Crippen LogP contribution in [-0.2, 0) is 24.5 Å². The van der Waals surface area contributed by atoms with E-state index in [4.69, 9.17) is 9.47 Å². The molecule has 0 atom stereocenters. The Bertz CT molecular complexity index is 331. The zero-order valence-corrected chi connectivity index (χ0v) is 12.0. The van der Waals surface area contributed by atoms with E-state index in [0.717, 1.165) is 4.31 Å². The summed E-state index contributed by atoms with van der Waals surface area (Å²) in [5, 5.41) is 0. The van der Waals surface area contributed by atoms with Crippen molar-refractivity contribution in [3.8, 4) is 0 Å². The van der Waals surface area contributed by atoms with Crippen molar-refractivity contribution in [2.24, 2.45) is 0 Å². The van der Waals surface area contributed by atoms with Crippen molar-refractivity contribution in [2.45, 2.75) is 20.3 Å². The van der Waals surface area contributed by atoms with E-state index >= 15 is 0 Å². The van der Waals surface area contributed by atoms with Crippen LogP contribution in [0.3, 0.4) is 0 Å². The number of nitrogens with zero attached hydrogens (tertiary/aromatic N) is 1. The molecule has 18 heavy (non-hydrogen) atoms. The molecule has 0 aromatic heterocycles. The minimum absolute atomic E-state index is 0.169. The maximum Gasteiger partial charge on any atom is 0.321 e. The normalized spacial score (nSPS) is 11.8. The number of hydrogen-bond donors (Lipinski definition) is 1. The fourth-order valence-electron chi connectivity index (χ4n) is 1.25. The van der Waals surface area contributed by atoms with Crippen LogP contribution in [0.5, 0.6) is 0 Å². The molecule has 0 saturated heterocycles. The zero-order chi connectivity index (χ0) is 14.0. The molecule has 0 aromatic carbocycles. The van der Waals surface area contributed by atoms with Gasteiger partial charge in [-0.25, -0.2) is 0 Å². The van der Waals surface area contributed by atoms with Crippen LogP contribution in [0.1, 0.15) is 20.3 Å². The van der Waals surface area contributed by atoms with Crippen LogP contribution >= 0.6 is 0 Å². The van der Waals surface area contributed by atoms with E-state index in [1.807, 2.05) is 6.92 Å². The third-order valence-corrected chi connectivity index (χ3v) is 3.57. The number of esters is 1. The zero-order valence-electron chi connectivity index (χ0n) is 11.1. The van der Waals surface area contributed by atoms with E-state index in [1.165, 1.54) is 7.11 Å². The van der Waals surface area contributed by atoms with E-state index < -0.39 is 16.2 Å². The SMILES string of the molecule is CCCN(CC(=O)OCC)S(=O)(=O)NCCOC. The van der Waals surface area contributed by atoms with Gasteiger partial charge >= 0.3 is 5.97 Å². The number of carbonyl (C=O) groups is 1. The molecule has 0 heterocycles. The van der Waals surface area contributed by atoms with Gasteiger partial charge < -0.3 is 9.47 Å². The van der Waals surface area contributed by atoms with Gasteiger partial charge in [-0.05, 0) is 13.3 Å². The standard InChI is InChI=1S/C10H22N2O5S/c1-4-7-12(9-10(13)17-5-2)18(14,15)11-6-8-16-3/h11H,4-9H2,1-3H3. The number of hydrogen-bond acceptors (Lipinski definition) is 5. The predicted molar refractivity (Wildman–Crippen MR) is 67.3 cm³/mol. The quantitative estimate of drug-likeness (QED) is 0.441. The average molecular weight is 282 g/mol. The monoisotopic (exact) mass is 282 g/mol. The second kappa shape index (κ2) is 9.26. The Balaban J connectivity index is 4.50. The van der Waals surface area contributed by atoms with Gasteiger partial charge in [0, 0.05) is 20.2 Å². The summed E-state index contributed by atoms with van der Waals surface area (Å²) in [6, 6.07) is 0. The van der Waals surface area contributed by atoms with Crippen LogP contribution < -0.4 is 4.72 Å². The smallest absolute Gasteiger partial charge is 0.321 e. The summed E-state index contributed by atoms with van der Waals surface area (Å²) in [7, 11) is -2.18. The van der Waals surface area contributed by atoms with Gasteiger partial charge in [0.1, 0.15) is 6.54 Å². The molecule has 0 spiro atoms. The van der Waals surface area contributed by atoms with Gasteiger partial charge in [-0.1, -0.05) is 6.92 Å². The molecule has 0 aromatic rings. The second-order valence-electron chi connectivity index (χ2n) is 3.53. The molecule has 0 aliphatic carbocycles. The highest BCUT2D eigenvalue weighted by atomic mass is 32.2. The van der Waals surface area contributed by atoms with Crippen LogP contribution in [0.25, 0.3) is 0 Å². The van der Waals surface area contributed by atoms with E-state index in [-0.39, 0.29) is 32.8 Å². The molecule has 0 radical (unpaired) electrons. The Labute approximate surface area is 109 Å². The van der Waals surface area contributed by atoms with Gasteiger partial charge in [0.05, 0.1) is 13.2 Å². The molecule has 0 rings (SSSR count). The molecule has 108 valence electrons. The molecule has 8 heteroatoms. The number of methoxy groups -OCH3 is 1. The molecule has 0 fully saturated rings. The average Bonchev–Trinajstić information content (AvgIpc) is 2.29. The number of ether oxygens (including phenoxy) is 2. The maximum atomic E-state index is 11.9. The van der Waals surface area contributed by atoms with Gasteiger partial charge in [-0.15, -0.1) is 0 Å². The second-order valence-corrected chi connectivity index (χ2v) is 5.29. The highest BCUT2D eigenvalue weighted by Gasteiger charge is 2.23. The van der Waals surface area contributed by atoms with Gasteiger partial charge in [-0.2, -0.15) is 17.4 Å². The van der Waals surface area contributed by atoms with Gasteiger partial charge in [0.25, 0.3) is 10.2 Å². The molecular formula is C10H22N2O5S. The molecule has 0 aliphatic rings. The molecule has 0 saturated carbocycles. The molecule has 7 nitrogen and oxygen atoms in total.